The highest BCUT2D eigenvalue weighted by Gasteiger charge is 2.21. The molecule has 1 aromatic rings. The van der Waals surface area contributed by atoms with Gasteiger partial charge in [-0.1, -0.05) is 36.8 Å². The van der Waals surface area contributed by atoms with Gasteiger partial charge in [-0.15, -0.1) is 12.4 Å². The average Bonchev–Trinajstić information content (AvgIpc) is 2.44. The molecule has 0 spiro atoms. The lowest BCUT2D eigenvalue weighted by Crippen LogP contribution is -2.40. The third kappa shape index (κ3) is 6.04. The summed E-state index contributed by atoms with van der Waals surface area (Å²) in [6, 6.07) is 7.77. The van der Waals surface area contributed by atoms with E-state index in [1.807, 2.05) is 52.1 Å². The van der Waals surface area contributed by atoms with Crippen molar-refractivity contribution < 1.29 is 9.90 Å². The Morgan fingerprint density at radius 2 is 1.90 bits per heavy atom. The number of hydrogen-bond acceptors (Lipinski definition) is 3. The molecular weight excluding hydrogens is 288 g/mol. The number of halogens is 1. The molecule has 1 aromatic carbocycles. The number of nitrogens with one attached hydrogen (secondary N) is 1. The number of amides is 1. The van der Waals surface area contributed by atoms with Crippen LogP contribution in [0.1, 0.15) is 31.1 Å². The van der Waals surface area contributed by atoms with Crippen molar-refractivity contribution in [2.45, 2.75) is 26.9 Å². The number of likely N-dealkylation sites (N-methyl/N-ethyl adjacent to an activating group) is 1. The maximum absolute atomic E-state index is 12.3. The predicted molar refractivity (Wildman–Crippen MR) is 88.7 cm³/mol. The van der Waals surface area contributed by atoms with Gasteiger partial charge < -0.3 is 15.3 Å². The van der Waals surface area contributed by atoms with Crippen LogP contribution in [0.25, 0.3) is 0 Å². The van der Waals surface area contributed by atoms with Gasteiger partial charge in [0.2, 0.25) is 5.91 Å². The summed E-state index contributed by atoms with van der Waals surface area (Å²) in [5.41, 5.74) is 2.01. The molecule has 2 N–H and O–H groups in total. The first-order valence-electron chi connectivity index (χ1n) is 7.17. The standard InChI is InChI=1S/C16H26N2O2.ClH/c1-5-18(16(20)13(3)10-17-4)11-15(19)14-8-6-12(2)7-9-14;/h6-9,13,15,17,19H,5,10-11H2,1-4H3;1H. The minimum atomic E-state index is -0.638. The number of benzene rings is 1. The molecule has 2 unspecified atom stereocenters. The second kappa shape index (κ2) is 9.77. The third-order valence-electron chi connectivity index (χ3n) is 3.48. The Bertz CT molecular complexity index is 423. The molecule has 0 heterocycles. The Morgan fingerprint density at radius 1 is 1.33 bits per heavy atom. The first-order chi connectivity index (χ1) is 9.49. The lowest BCUT2D eigenvalue weighted by molar-refractivity contribution is -0.136. The molecular formula is C16H27ClN2O2. The minimum Gasteiger partial charge on any atom is -0.387 e. The fraction of sp³-hybridized carbons (Fsp3) is 0.562. The number of carbonyl (C=O) groups is 1. The number of rotatable bonds is 7. The first-order valence-corrected chi connectivity index (χ1v) is 7.17. The van der Waals surface area contributed by atoms with Crippen LogP contribution in [0.5, 0.6) is 0 Å². The van der Waals surface area contributed by atoms with Crippen molar-refractivity contribution in [3.05, 3.63) is 35.4 Å². The van der Waals surface area contributed by atoms with E-state index in [0.717, 1.165) is 11.1 Å². The molecule has 0 aliphatic heterocycles. The maximum Gasteiger partial charge on any atom is 0.226 e. The van der Waals surface area contributed by atoms with Gasteiger partial charge in [-0.3, -0.25) is 4.79 Å². The lowest BCUT2D eigenvalue weighted by atomic mass is 10.1. The van der Waals surface area contributed by atoms with E-state index in [4.69, 9.17) is 0 Å². The van der Waals surface area contributed by atoms with E-state index in [1.165, 1.54) is 0 Å². The molecule has 1 amide bonds. The third-order valence-corrected chi connectivity index (χ3v) is 3.48. The van der Waals surface area contributed by atoms with Gasteiger partial charge in [0.05, 0.1) is 12.6 Å². The fourth-order valence-corrected chi connectivity index (χ4v) is 2.18. The van der Waals surface area contributed by atoms with Gasteiger partial charge in [0, 0.05) is 19.0 Å². The van der Waals surface area contributed by atoms with Crippen LogP contribution in [0.3, 0.4) is 0 Å². The molecule has 0 aliphatic rings. The Hall–Kier alpha value is -1.10. The molecule has 1 rings (SSSR count). The van der Waals surface area contributed by atoms with Crippen molar-refractivity contribution in [1.82, 2.24) is 10.2 Å². The summed E-state index contributed by atoms with van der Waals surface area (Å²) in [6.45, 7) is 7.45. The van der Waals surface area contributed by atoms with E-state index in [2.05, 4.69) is 5.32 Å². The van der Waals surface area contributed by atoms with Crippen molar-refractivity contribution >= 4 is 18.3 Å². The van der Waals surface area contributed by atoms with Gasteiger partial charge in [0.15, 0.2) is 0 Å². The first kappa shape index (κ1) is 19.9. The highest BCUT2D eigenvalue weighted by atomic mass is 35.5. The molecule has 0 aliphatic carbocycles. The van der Waals surface area contributed by atoms with Gasteiger partial charge in [-0.2, -0.15) is 0 Å². The molecule has 120 valence electrons. The molecule has 5 heteroatoms. The molecule has 0 bridgehead atoms. The van der Waals surface area contributed by atoms with Gasteiger partial charge in [-0.25, -0.2) is 0 Å². The van der Waals surface area contributed by atoms with Crippen LogP contribution < -0.4 is 5.32 Å². The van der Waals surface area contributed by atoms with Crippen LogP contribution in [0.4, 0.5) is 0 Å². The normalized spacial score (nSPS) is 13.2. The largest absolute Gasteiger partial charge is 0.387 e. The van der Waals surface area contributed by atoms with Crippen LogP contribution in [-0.4, -0.2) is 42.6 Å². The molecule has 2 atom stereocenters. The van der Waals surface area contributed by atoms with E-state index < -0.39 is 6.10 Å². The number of nitrogens with zero attached hydrogens (tertiary/aromatic N) is 1. The number of carbonyl (C=O) groups excluding carboxylic acids is 1. The summed E-state index contributed by atoms with van der Waals surface area (Å²) in [5, 5.41) is 13.3. The summed E-state index contributed by atoms with van der Waals surface area (Å²) in [6.07, 6.45) is -0.638. The summed E-state index contributed by atoms with van der Waals surface area (Å²) in [7, 11) is 1.83. The van der Waals surface area contributed by atoms with Crippen molar-refractivity contribution in [2.24, 2.45) is 5.92 Å². The van der Waals surface area contributed by atoms with Gasteiger partial charge in [-0.05, 0) is 26.5 Å². The molecule has 0 aromatic heterocycles. The average molecular weight is 315 g/mol. The van der Waals surface area contributed by atoms with Crippen LogP contribution in [0.2, 0.25) is 0 Å². The van der Waals surface area contributed by atoms with Crippen molar-refractivity contribution in [3.63, 3.8) is 0 Å². The molecule has 0 radical (unpaired) electrons. The number of hydrogen-bond donors (Lipinski definition) is 2. The molecule has 0 saturated carbocycles. The van der Waals surface area contributed by atoms with Crippen LogP contribution >= 0.6 is 12.4 Å². The van der Waals surface area contributed by atoms with E-state index >= 15 is 0 Å². The molecule has 21 heavy (non-hydrogen) atoms. The zero-order chi connectivity index (χ0) is 15.1. The monoisotopic (exact) mass is 314 g/mol. The van der Waals surface area contributed by atoms with E-state index in [0.29, 0.717) is 19.6 Å². The Balaban J connectivity index is 0.00000400. The summed E-state index contributed by atoms with van der Waals surface area (Å²) in [4.78, 5) is 14.0. The van der Waals surface area contributed by atoms with Gasteiger partial charge >= 0.3 is 0 Å². The molecule has 4 nitrogen and oxygen atoms in total. The zero-order valence-corrected chi connectivity index (χ0v) is 14.1. The number of aliphatic hydroxyl groups excluding tert-OH is 1. The van der Waals surface area contributed by atoms with E-state index in [9.17, 15) is 9.90 Å². The summed E-state index contributed by atoms with van der Waals surface area (Å²) < 4.78 is 0. The van der Waals surface area contributed by atoms with Crippen LogP contribution in [0, 0.1) is 12.8 Å². The molecule has 0 saturated heterocycles. The topological polar surface area (TPSA) is 52.6 Å². The smallest absolute Gasteiger partial charge is 0.226 e. The van der Waals surface area contributed by atoms with Crippen molar-refractivity contribution in [1.29, 1.82) is 0 Å². The predicted octanol–water partition coefficient (Wildman–Crippen LogP) is 2.15. The quantitative estimate of drug-likeness (QED) is 0.811. The Kier molecular flexibility index (Phi) is 9.26. The lowest BCUT2D eigenvalue weighted by Gasteiger charge is -2.27. The van der Waals surface area contributed by atoms with Crippen LogP contribution in [0.15, 0.2) is 24.3 Å². The second-order valence-electron chi connectivity index (χ2n) is 5.26. The zero-order valence-electron chi connectivity index (χ0n) is 13.3. The highest BCUT2D eigenvalue weighted by Crippen LogP contribution is 2.16. The Labute approximate surface area is 133 Å². The van der Waals surface area contributed by atoms with Crippen molar-refractivity contribution in [3.8, 4) is 0 Å². The maximum atomic E-state index is 12.3. The summed E-state index contributed by atoms with van der Waals surface area (Å²) in [5.74, 6) is -0.00169. The highest BCUT2D eigenvalue weighted by molar-refractivity contribution is 5.85. The minimum absolute atomic E-state index is 0. The second-order valence-corrected chi connectivity index (χ2v) is 5.26. The van der Waals surface area contributed by atoms with Gasteiger partial charge in [0.25, 0.3) is 0 Å². The van der Waals surface area contributed by atoms with Crippen molar-refractivity contribution in [2.75, 3.05) is 26.7 Å². The fourth-order valence-electron chi connectivity index (χ4n) is 2.18. The van der Waals surface area contributed by atoms with E-state index in [-0.39, 0.29) is 24.2 Å². The Morgan fingerprint density at radius 3 is 2.38 bits per heavy atom. The SMILES string of the molecule is CCN(CC(O)c1ccc(C)cc1)C(=O)C(C)CNC.Cl. The summed E-state index contributed by atoms with van der Waals surface area (Å²) >= 11 is 0. The number of aliphatic hydroxyl groups is 1. The number of aryl methyl sites for hydroxylation is 1. The van der Waals surface area contributed by atoms with E-state index in [1.54, 1.807) is 4.90 Å². The van der Waals surface area contributed by atoms with Gasteiger partial charge in [0.1, 0.15) is 0 Å². The van der Waals surface area contributed by atoms with Crippen LogP contribution in [-0.2, 0) is 4.79 Å². The molecule has 0 fully saturated rings.